The molecule has 4 nitrogen and oxygen atoms in total. The highest BCUT2D eigenvalue weighted by Crippen LogP contribution is 2.28. The molecule has 2 rings (SSSR count). The summed E-state index contributed by atoms with van der Waals surface area (Å²) in [7, 11) is 0. The third-order valence-corrected chi connectivity index (χ3v) is 4.26. The molecule has 0 bridgehead atoms. The number of benzene rings is 1. The van der Waals surface area contributed by atoms with Gasteiger partial charge >= 0.3 is 5.97 Å². The Balaban J connectivity index is 1.60. The second-order valence-electron chi connectivity index (χ2n) is 6.18. The smallest absolute Gasteiger partial charge is 0.330 e. The molecule has 1 atom stereocenters. The van der Waals surface area contributed by atoms with E-state index in [1.165, 1.54) is 11.6 Å². The normalized spacial score (nSPS) is 15.7. The fourth-order valence-electron chi connectivity index (χ4n) is 2.74. The van der Waals surface area contributed by atoms with Crippen LogP contribution in [0.3, 0.4) is 0 Å². The van der Waals surface area contributed by atoms with E-state index in [0.29, 0.717) is 19.1 Å². The summed E-state index contributed by atoms with van der Waals surface area (Å²) in [5.74, 6) is 0.847. The molecule has 26 heavy (non-hydrogen) atoms. The number of ether oxygens (including phenoxy) is 2. The molecule has 1 aromatic carbocycles. The zero-order chi connectivity index (χ0) is 18.6. The highest BCUT2D eigenvalue weighted by molar-refractivity contribution is 5.81. The highest BCUT2D eigenvalue weighted by atomic mass is 16.5. The Bertz CT molecular complexity index is 695. The van der Waals surface area contributed by atoms with Gasteiger partial charge in [0.15, 0.2) is 0 Å². The van der Waals surface area contributed by atoms with Crippen molar-refractivity contribution in [3.05, 3.63) is 66.3 Å². The monoisotopic (exact) mass is 351 g/mol. The molecule has 0 N–H and O–H groups in total. The molecule has 0 spiro atoms. The minimum absolute atomic E-state index is 0.330. The minimum atomic E-state index is -0.359. The number of unbranched alkanes of at least 4 members (excludes halogenated alkanes) is 3. The lowest BCUT2D eigenvalue weighted by Gasteiger charge is -2.15. The molecule has 1 aromatic rings. The maximum absolute atomic E-state index is 10.9. The van der Waals surface area contributed by atoms with Gasteiger partial charge in [-0.1, -0.05) is 30.9 Å². The lowest BCUT2D eigenvalue weighted by Crippen LogP contribution is -2.02. The summed E-state index contributed by atoms with van der Waals surface area (Å²) in [6, 6.07) is 10.3. The number of esters is 1. The van der Waals surface area contributed by atoms with Crippen molar-refractivity contribution in [2.45, 2.75) is 38.0 Å². The van der Waals surface area contributed by atoms with Crippen LogP contribution in [-0.2, 0) is 9.53 Å². The van der Waals surface area contributed by atoms with E-state index in [0.717, 1.165) is 43.4 Å². The Kier molecular flexibility index (Phi) is 8.21. The third-order valence-electron chi connectivity index (χ3n) is 4.26. The van der Waals surface area contributed by atoms with E-state index in [1.54, 1.807) is 0 Å². The molecule has 1 unspecified atom stereocenters. The summed E-state index contributed by atoms with van der Waals surface area (Å²) in [6.07, 6.45) is 11.9. The Hall–Kier alpha value is -2.80. The van der Waals surface area contributed by atoms with E-state index >= 15 is 0 Å². The summed E-state index contributed by atoms with van der Waals surface area (Å²) < 4.78 is 10.7. The van der Waals surface area contributed by atoms with Crippen molar-refractivity contribution in [3.63, 3.8) is 0 Å². The molecule has 4 heteroatoms. The zero-order valence-corrected chi connectivity index (χ0v) is 15.0. The molecule has 0 aromatic heterocycles. The van der Waals surface area contributed by atoms with Gasteiger partial charge in [-0.2, -0.15) is 5.26 Å². The number of nitriles is 1. The van der Waals surface area contributed by atoms with Crippen LogP contribution >= 0.6 is 0 Å². The van der Waals surface area contributed by atoms with Crippen LogP contribution in [0.15, 0.2) is 60.7 Å². The van der Waals surface area contributed by atoms with E-state index in [1.807, 2.05) is 24.3 Å². The molecular formula is C22H25NO3. The first-order chi connectivity index (χ1) is 12.7. The number of carbonyl (C=O) groups is 1. The van der Waals surface area contributed by atoms with Crippen molar-refractivity contribution in [2.24, 2.45) is 0 Å². The lowest BCUT2D eigenvalue weighted by atomic mass is 9.90. The van der Waals surface area contributed by atoms with Crippen molar-refractivity contribution < 1.29 is 14.3 Å². The minimum Gasteiger partial charge on any atom is -0.494 e. The number of nitrogens with zero attached hydrogens (tertiary/aromatic N) is 1. The maximum atomic E-state index is 10.9. The van der Waals surface area contributed by atoms with Gasteiger partial charge < -0.3 is 9.47 Å². The van der Waals surface area contributed by atoms with E-state index in [2.05, 4.69) is 30.9 Å². The van der Waals surface area contributed by atoms with Gasteiger partial charge in [-0.3, -0.25) is 0 Å². The van der Waals surface area contributed by atoms with Crippen molar-refractivity contribution in [1.29, 1.82) is 5.26 Å². The fraction of sp³-hybridized carbons (Fsp3) is 0.364. The molecule has 0 saturated heterocycles. The SMILES string of the molecule is C=CC(=O)OCCCCCCOc1ccc(C2C=CC(C#N)=CC2)cc1. The molecule has 0 amide bonds. The Morgan fingerprint density at radius 1 is 1.19 bits per heavy atom. The molecule has 1 aliphatic rings. The molecular weight excluding hydrogens is 326 g/mol. The lowest BCUT2D eigenvalue weighted by molar-refractivity contribution is -0.137. The quantitative estimate of drug-likeness (QED) is 0.343. The molecule has 0 radical (unpaired) electrons. The summed E-state index contributed by atoms with van der Waals surface area (Å²) in [5.41, 5.74) is 1.97. The van der Waals surface area contributed by atoms with Crippen LogP contribution in [0.2, 0.25) is 0 Å². The molecule has 1 aliphatic carbocycles. The topological polar surface area (TPSA) is 59.3 Å². The van der Waals surface area contributed by atoms with Gasteiger partial charge in [-0.15, -0.1) is 0 Å². The Morgan fingerprint density at radius 2 is 1.92 bits per heavy atom. The molecule has 0 heterocycles. The molecule has 0 aliphatic heterocycles. The van der Waals surface area contributed by atoms with Crippen LogP contribution in [0.25, 0.3) is 0 Å². The van der Waals surface area contributed by atoms with E-state index in [9.17, 15) is 4.79 Å². The van der Waals surface area contributed by atoms with Crippen LogP contribution in [0, 0.1) is 11.3 Å². The fourth-order valence-corrected chi connectivity index (χ4v) is 2.74. The zero-order valence-electron chi connectivity index (χ0n) is 15.0. The summed E-state index contributed by atoms with van der Waals surface area (Å²) in [6.45, 7) is 4.49. The van der Waals surface area contributed by atoms with Gasteiger partial charge in [0, 0.05) is 17.6 Å². The highest BCUT2D eigenvalue weighted by Gasteiger charge is 2.11. The number of rotatable bonds is 10. The van der Waals surface area contributed by atoms with Crippen LogP contribution in [0.4, 0.5) is 0 Å². The van der Waals surface area contributed by atoms with Crippen molar-refractivity contribution in [3.8, 4) is 11.8 Å². The summed E-state index contributed by atoms with van der Waals surface area (Å²) in [4.78, 5) is 10.9. The average Bonchev–Trinajstić information content (AvgIpc) is 2.70. The third kappa shape index (κ3) is 6.60. The standard InChI is InChI=1S/C22H25NO3/c1-2-22(24)26-16-6-4-3-5-15-25-21-13-11-20(12-14-21)19-9-7-18(17-23)8-10-19/h2,7-9,11-14,19H,1,3-6,10,15-16H2. The number of carbonyl (C=O) groups excluding carboxylic acids is 1. The largest absolute Gasteiger partial charge is 0.494 e. The van der Waals surface area contributed by atoms with Gasteiger partial charge in [0.05, 0.1) is 19.3 Å². The Morgan fingerprint density at radius 3 is 2.54 bits per heavy atom. The number of hydrogen-bond donors (Lipinski definition) is 0. The van der Waals surface area contributed by atoms with E-state index in [4.69, 9.17) is 14.7 Å². The Labute approximate surface area is 155 Å². The second-order valence-corrected chi connectivity index (χ2v) is 6.18. The predicted octanol–water partition coefficient (Wildman–Crippen LogP) is 4.85. The van der Waals surface area contributed by atoms with Crippen molar-refractivity contribution >= 4 is 5.97 Å². The van der Waals surface area contributed by atoms with E-state index in [-0.39, 0.29) is 5.97 Å². The van der Waals surface area contributed by atoms with Crippen LogP contribution in [0.1, 0.15) is 43.6 Å². The van der Waals surface area contributed by atoms with Gasteiger partial charge in [-0.05, 0) is 55.9 Å². The molecule has 136 valence electrons. The number of allylic oxidation sites excluding steroid dienone is 4. The predicted molar refractivity (Wildman–Crippen MR) is 102 cm³/mol. The first-order valence-electron chi connectivity index (χ1n) is 9.03. The van der Waals surface area contributed by atoms with Crippen molar-refractivity contribution in [2.75, 3.05) is 13.2 Å². The first-order valence-corrected chi connectivity index (χ1v) is 9.03. The van der Waals surface area contributed by atoms with Crippen LogP contribution in [0.5, 0.6) is 5.75 Å². The van der Waals surface area contributed by atoms with Crippen LogP contribution < -0.4 is 4.74 Å². The molecule has 0 fully saturated rings. The maximum Gasteiger partial charge on any atom is 0.330 e. The van der Waals surface area contributed by atoms with Gasteiger partial charge in [0.2, 0.25) is 0 Å². The van der Waals surface area contributed by atoms with Crippen molar-refractivity contribution in [1.82, 2.24) is 0 Å². The summed E-state index contributed by atoms with van der Waals surface area (Å²) >= 11 is 0. The molecule has 0 saturated carbocycles. The second kappa shape index (κ2) is 10.9. The first kappa shape index (κ1) is 19.5. The average molecular weight is 351 g/mol. The van der Waals surface area contributed by atoms with E-state index < -0.39 is 0 Å². The van der Waals surface area contributed by atoms with Crippen LogP contribution in [-0.4, -0.2) is 19.2 Å². The van der Waals surface area contributed by atoms with Gasteiger partial charge in [0.1, 0.15) is 5.75 Å². The van der Waals surface area contributed by atoms with Gasteiger partial charge in [-0.25, -0.2) is 4.79 Å². The summed E-state index contributed by atoms with van der Waals surface area (Å²) in [5, 5.41) is 8.87. The number of hydrogen-bond acceptors (Lipinski definition) is 4. The van der Waals surface area contributed by atoms with Gasteiger partial charge in [0.25, 0.3) is 0 Å².